The highest BCUT2D eigenvalue weighted by Crippen LogP contribution is 2.31. The summed E-state index contributed by atoms with van der Waals surface area (Å²) >= 11 is 0. The molecule has 162 valence electrons. The van der Waals surface area contributed by atoms with Gasteiger partial charge in [0.25, 0.3) is 5.91 Å². The molecule has 2 heterocycles. The summed E-state index contributed by atoms with van der Waals surface area (Å²) in [5.74, 6) is 0.225. The van der Waals surface area contributed by atoms with Crippen LogP contribution < -0.4 is 15.8 Å². The van der Waals surface area contributed by atoms with Crippen molar-refractivity contribution in [3.05, 3.63) is 60.3 Å². The van der Waals surface area contributed by atoms with Crippen LogP contribution in [0.2, 0.25) is 0 Å². The summed E-state index contributed by atoms with van der Waals surface area (Å²) in [6.45, 7) is 2.38. The van der Waals surface area contributed by atoms with Crippen LogP contribution in [0.4, 0.5) is 24.7 Å². The number of carbonyl (C=O) groups excluding carboxylic acids is 1. The molecule has 1 amide bonds. The average Bonchev–Trinajstić information content (AvgIpc) is 2.78. The second kappa shape index (κ2) is 8.76. The Morgan fingerprint density at radius 2 is 1.81 bits per heavy atom. The molecule has 0 aliphatic carbocycles. The van der Waals surface area contributed by atoms with Gasteiger partial charge in [-0.15, -0.1) is 5.10 Å². The number of carbonyl (C=O) groups is 1. The molecule has 0 unspecified atom stereocenters. The van der Waals surface area contributed by atoms with Gasteiger partial charge in [0.1, 0.15) is 0 Å². The molecule has 1 aliphatic rings. The number of hydrogen-bond donors (Lipinski definition) is 2. The molecule has 0 atom stereocenters. The Hall–Kier alpha value is -3.40. The molecule has 1 saturated heterocycles. The van der Waals surface area contributed by atoms with E-state index < -0.39 is 11.7 Å². The van der Waals surface area contributed by atoms with Crippen molar-refractivity contribution in [2.45, 2.75) is 6.18 Å². The van der Waals surface area contributed by atoms with Gasteiger partial charge in [0.2, 0.25) is 0 Å². The minimum absolute atomic E-state index is 0.168. The van der Waals surface area contributed by atoms with E-state index in [2.05, 4.69) is 21.0 Å². The highest BCUT2D eigenvalue weighted by Gasteiger charge is 2.31. The van der Waals surface area contributed by atoms with Gasteiger partial charge in [0.15, 0.2) is 5.82 Å². The van der Waals surface area contributed by atoms with Crippen LogP contribution >= 0.6 is 0 Å². The van der Waals surface area contributed by atoms with Crippen molar-refractivity contribution in [3.8, 4) is 0 Å². The summed E-state index contributed by atoms with van der Waals surface area (Å²) in [6, 6.07) is 12.9. The standard InChI is InChI=1S/C21H21F3N6O/c22-21(23,24)16-5-3-6-17(12-16)30-10-8-29(9-11-30)14-19(31)26-28-20-18-7-2-1-4-15(18)13-25-27-20/h1-7,12-13H,8-11,14H2,(H,26,31)(H,27,28). The minimum Gasteiger partial charge on any atom is -0.369 e. The lowest BCUT2D eigenvalue weighted by molar-refractivity contribution is -0.137. The van der Waals surface area contributed by atoms with E-state index in [9.17, 15) is 18.0 Å². The topological polar surface area (TPSA) is 73.4 Å². The Bertz CT molecular complexity index is 1060. The van der Waals surface area contributed by atoms with E-state index in [1.54, 1.807) is 12.3 Å². The Balaban J connectivity index is 1.28. The normalized spacial score (nSPS) is 15.1. The van der Waals surface area contributed by atoms with Crippen LogP contribution in [0.1, 0.15) is 5.56 Å². The van der Waals surface area contributed by atoms with E-state index in [1.165, 1.54) is 6.07 Å². The summed E-state index contributed by atoms with van der Waals surface area (Å²) in [7, 11) is 0. The predicted molar refractivity (Wildman–Crippen MR) is 111 cm³/mol. The van der Waals surface area contributed by atoms with E-state index in [0.717, 1.165) is 22.9 Å². The predicted octanol–water partition coefficient (Wildman–Crippen LogP) is 2.91. The first-order chi connectivity index (χ1) is 14.9. The van der Waals surface area contributed by atoms with Crippen LogP contribution in [0.15, 0.2) is 54.7 Å². The Labute approximate surface area is 176 Å². The smallest absolute Gasteiger partial charge is 0.369 e. The van der Waals surface area contributed by atoms with E-state index in [0.29, 0.717) is 37.7 Å². The van der Waals surface area contributed by atoms with Gasteiger partial charge in [-0.05, 0) is 18.2 Å². The number of nitrogens with zero attached hydrogens (tertiary/aromatic N) is 4. The number of piperazine rings is 1. The Kier molecular flexibility index (Phi) is 5.90. The van der Waals surface area contributed by atoms with Crippen molar-refractivity contribution in [2.75, 3.05) is 43.0 Å². The summed E-state index contributed by atoms with van der Waals surface area (Å²) in [5, 5.41) is 9.68. The zero-order valence-corrected chi connectivity index (χ0v) is 16.6. The summed E-state index contributed by atoms with van der Waals surface area (Å²) in [4.78, 5) is 16.2. The first kappa shape index (κ1) is 20.9. The molecule has 2 N–H and O–H groups in total. The van der Waals surface area contributed by atoms with E-state index in [1.807, 2.05) is 34.1 Å². The summed E-state index contributed by atoms with van der Waals surface area (Å²) < 4.78 is 38.8. The van der Waals surface area contributed by atoms with Crippen molar-refractivity contribution >= 4 is 28.2 Å². The average molecular weight is 430 g/mol. The van der Waals surface area contributed by atoms with Gasteiger partial charge >= 0.3 is 6.18 Å². The Morgan fingerprint density at radius 3 is 2.58 bits per heavy atom. The molecule has 0 spiro atoms. The number of nitrogens with one attached hydrogen (secondary N) is 2. The number of hydrogen-bond acceptors (Lipinski definition) is 6. The minimum atomic E-state index is -4.36. The molecule has 4 rings (SSSR count). The fraction of sp³-hybridized carbons (Fsp3) is 0.286. The van der Waals surface area contributed by atoms with Crippen LogP contribution in [0, 0.1) is 0 Å². The van der Waals surface area contributed by atoms with E-state index >= 15 is 0 Å². The van der Waals surface area contributed by atoms with Gasteiger partial charge in [-0.1, -0.05) is 30.3 Å². The quantitative estimate of drug-likeness (QED) is 0.607. The van der Waals surface area contributed by atoms with Gasteiger partial charge in [0, 0.05) is 42.6 Å². The fourth-order valence-electron chi connectivity index (χ4n) is 3.53. The third-order valence-electron chi connectivity index (χ3n) is 5.17. The molecule has 1 fully saturated rings. The van der Waals surface area contributed by atoms with Gasteiger partial charge in [-0.25, -0.2) is 0 Å². The molecule has 0 bridgehead atoms. The van der Waals surface area contributed by atoms with Crippen LogP contribution in [0.3, 0.4) is 0 Å². The maximum Gasteiger partial charge on any atom is 0.416 e. The van der Waals surface area contributed by atoms with Crippen molar-refractivity contribution in [1.82, 2.24) is 20.5 Å². The maximum absolute atomic E-state index is 12.9. The SMILES string of the molecule is O=C(CN1CCN(c2cccc(C(F)(F)F)c2)CC1)NNc1nncc2ccccc12. The summed E-state index contributed by atoms with van der Waals surface area (Å²) in [5.41, 5.74) is 5.33. The number of hydrazine groups is 1. The summed E-state index contributed by atoms with van der Waals surface area (Å²) in [6.07, 6.45) is -2.72. The molecule has 0 radical (unpaired) electrons. The molecular formula is C21H21F3N6O. The number of aromatic nitrogens is 2. The molecule has 2 aromatic carbocycles. The molecule has 1 aromatic heterocycles. The third-order valence-corrected chi connectivity index (χ3v) is 5.17. The lowest BCUT2D eigenvalue weighted by atomic mass is 10.1. The lowest BCUT2D eigenvalue weighted by Crippen LogP contribution is -2.50. The Morgan fingerprint density at radius 1 is 1.03 bits per heavy atom. The highest BCUT2D eigenvalue weighted by molar-refractivity contribution is 5.91. The molecule has 10 heteroatoms. The van der Waals surface area contributed by atoms with Crippen LogP contribution in [0.25, 0.3) is 10.8 Å². The van der Waals surface area contributed by atoms with Gasteiger partial charge in [0.05, 0.1) is 18.3 Å². The highest BCUT2D eigenvalue weighted by atomic mass is 19.4. The number of fused-ring (bicyclic) bond motifs is 1. The molecule has 31 heavy (non-hydrogen) atoms. The zero-order valence-electron chi connectivity index (χ0n) is 16.6. The number of halogens is 3. The van der Waals surface area contributed by atoms with E-state index in [4.69, 9.17) is 0 Å². The van der Waals surface area contributed by atoms with Crippen molar-refractivity contribution in [3.63, 3.8) is 0 Å². The van der Waals surface area contributed by atoms with Crippen molar-refractivity contribution < 1.29 is 18.0 Å². The zero-order chi connectivity index (χ0) is 21.8. The molecule has 1 aliphatic heterocycles. The van der Waals surface area contributed by atoms with Gasteiger partial charge in [-0.2, -0.15) is 18.3 Å². The van der Waals surface area contributed by atoms with Crippen LogP contribution in [-0.4, -0.2) is 53.7 Å². The molecule has 0 saturated carbocycles. The van der Waals surface area contributed by atoms with Crippen molar-refractivity contribution in [2.24, 2.45) is 0 Å². The monoisotopic (exact) mass is 430 g/mol. The maximum atomic E-state index is 12.9. The third kappa shape index (κ3) is 5.02. The number of amides is 1. The number of anilines is 2. The van der Waals surface area contributed by atoms with Crippen LogP contribution in [-0.2, 0) is 11.0 Å². The number of rotatable bonds is 5. The van der Waals surface area contributed by atoms with Gasteiger partial charge in [-0.3, -0.25) is 20.5 Å². The largest absolute Gasteiger partial charge is 0.416 e. The lowest BCUT2D eigenvalue weighted by Gasteiger charge is -2.36. The van der Waals surface area contributed by atoms with Crippen molar-refractivity contribution in [1.29, 1.82) is 0 Å². The fourth-order valence-corrected chi connectivity index (χ4v) is 3.53. The first-order valence-electron chi connectivity index (χ1n) is 9.80. The van der Waals surface area contributed by atoms with Gasteiger partial charge < -0.3 is 4.90 Å². The second-order valence-electron chi connectivity index (χ2n) is 7.26. The van der Waals surface area contributed by atoms with E-state index in [-0.39, 0.29) is 12.5 Å². The molecule has 3 aromatic rings. The van der Waals surface area contributed by atoms with Crippen LogP contribution in [0.5, 0.6) is 0 Å². The molecule has 7 nitrogen and oxygen atoms in total. The second-order valence-corrected chi connectivity index (χ2v) is 7.26. The number of alkyl halides is 3. The molecular weight excluding hydrogens is 409 g/mol. The number of benzene rings is 2. The first-order valence-corrected chi connectivity index (χ1v) is 9.80.